The fourth-order valence-corrected chi connectivity index (χ4v) is 4.26. The third-order valence-corrected chi connectivity index (χ3v) is 5.70. The minimum absolute atomic E-state index is 0.380. The van der Waals surface area contributed by atoms with Crippen molar-refractivity contribution in [1.82, 2.24) is 15.6 Å². The molecule has 4 unspecified atom stereocenters. The Kier molecular flexibility index (Phi) is 4.51. The second kappa shape index (κ2) is 6.33. The number of aromatic nitrogens is 1. The van der Waals surface area contributed by atoms with Gasteiger partial charge in [0.15, 0.2) is 0 Å². The Bertz CT molecular complexity index is 379. The molecule has 0 bridgehead atoms. The highest BCUT2D eigenvalue weighted by Crippen LogP contribution is 2.32. The zero-order valence-electron chi connectivity index (χ0n) is 11.8. The summed E-state index contributed by atoms with van der Waals surface area (Å²) < 4.78 is 0. The fraction of sp³-hybridized carbons (Fsp3) is 0.800. The number of rotatable bonds is 4. The van der Waals surface area contributed by atoms with Crippen LogP contribution in [0.1, 0.15) is 56.5 Å². The highest BCUT2D eigenvalue weighted by molar-refractivity contribution is 7.09. The molecular formula is C15H25N3S. The van der Waals surface area contributed by atoms with Gasteiger partial charge < -0.3 is 10.6 Å². The predicted molar refractivity (Wildman–Crippen MR) is 80.4 cm³/mol. The lowest BCUT2D eigenvalue weighted by Crippen LogP contribution is -2.52. The van der Waals surface area contributed by atoms with Crippen molar-refractivity contribution in [3.63, 3.8) is 0 Å². The standard InChI is InChI=1S/C15H25N3S/c1-11(15-16-8-9-19-15)17-10-13-7-6-12-4-2-3-5-14(12)18-13/h8-9,11-14,17-18H,2-7,10H2,1H3. The van der Waals surface area contributed by atoms with Crippen LogP contribution < -0.4 is 10.6 Å². The second-order valence-corrected chi connectivity index (χ2v) is 7.02. The largest absolute Gasteiger partial charge is 0.310 e. The summed E-state index contributed by atoms with van der Waals surface area (Å²) in [5.74, 6) is 0.960. The highest BCUT2D eigenvalue weighted by Gasteiger charge is 2.31. The summed E-state index contributed by atoms with van der Waals surface area (Å²) in [4.78, 5) is 4.38. The summed E-state index contributed by atoms with van der Waals surface area (Å²) in [6.07, 6.45) is 10.4. The Morgan fingerprint density at radius 2 is 2.26 bits per heavy atom. The number of hydrogen-bond donors (Lipinski definition) is 2. The molecular weight excluding hydrogens is 254 g/mol. The van der Waals surface area contributed by atoms with Crippen molar-refractivity contribution in [1.29, 1.82) is 0 Å². The first-order valence-electron chi connectivity index (χ1n) is 7.72. The number of nitrogens with zero attached hydrogens (tertiary/aromatic N) is 1. The Labute approximate surface area is 120 Å². The van der Waals surface area contributed by atoms with Crippen molar-refractivity contribution in [2.75, 3.05) is 6.54 Å². The van der Waals surface area contributed by atoms with Crippen LogP contribution in [0.15, 0.2) is 11.6 Å². The molecule has 106 valence electrons. The molecule has 1 saturated carbocycles. The van der Waals surface area contributed by atoms with Gasteiger partial charge in [-0.25, -0.2) is 4.98 Å². The molecule has 3 rings (SSSR count). The van der Waals surface area contributed by atoms with Crippen molar-refractivity contribution < 1.29 is 0 Å². The van der Waals surface area contributed by atoms with E-state index in [-0.39, 0.29) is 0 Å². The molecule has 0 radical (unpaired) electrons. The SMILES string of the molecule is CC(NCC1CCC2CCCCC2N1)c1nccs1. The van der Waals surface area contributed by atoms with Crippen LogP contribution in [-0.4, -0.2) is 23.6 Å². The summed E-state index contributed by atoms with van der Waals surface area (Å²) in [6.45, 7) is 3.29. The van der Waals surface area contributed by atoms with E-state index >= 15 is 0 Å². The van der Waals surface area contributed by atoms with Crippen LogP contribution in [0.5, 0.6) is 0 Å². The van der Waals surface area contributed by atoms with E-state index in [1.165, 1.54) is 43.5 Å². The predicted octanol–water partition coefficient (Wildman–Crippen LogP) is 3.10. The van der Waals surface area contributed by atoms with Crippen molar-refractivity contribution in [3.8, 4) is 0 Å². The molecule has 4 atom stereocenters. The quantitative estimate of drug-likeness (QED) is 0.889. The van der Waals surface area contributed by atoms with Gasteiger partial charge in [0.2, 0.25) is 0 Å². The van der Waals surface area contributed by atoms with Gasteiger partial charge in [0.1, 0.15) is 5.01 Å². The third kappa shape index (κ3) is 3.36. The molecule has 19 heavy (non-hydrogen) atoms. The van der Waals surface area contributed by atoms with Crippen LogP contribution in [0.4, 0.5) is 0 Å². The molecule has 3 nitrogen and oxygen atoms in total. The normalized spacial score (nSPS) is 32.8. The maximum Gasteiger partial charge on any atom is 0.109 e. The highest BCUT2D eigenvalue weighted by atomic mass is 32.1. The average Bonchev–Trinajstić information content (AvgIpc) is 2.99. The molecule has 4 heteroatoms. The van der Waals surface area contributed by atoms with Crippen molar-refractivity contribution >= 4 is 11.3 Å². The molecule has 2 aliphatic rings. The second-order valence-electron chi connectivity index (χ2n) is 6.09. The molecule has 0 aromatic carbocycles. The number of fused-ring (bicyclic) bond motifs is 1. The Hall–Kier alpha value is -0.450. The minimum atomic E-state index is 0.380. The van der Waals surface area contributed by atoms with Crippen molar-refractivity contribution in [2.24, 2.45) is 5.92 Å². The smallest absolute Gasteiger partial charge is 0.109 e. The number of thiazole rings is 1. The zero-order valence-corrected chi connectivity index (χ0v) is 12.6. The van der Waals surface area contributed by atoms with Gasteiger partial charge in [0.25, 0.3) is 0 Å². The maximum absolute atomic E-state index is 4.38. The van der Waals surface area contributed by atoms with E-state index in [0.29, 0.717) is 12.1 Å². The lowest BCUT2D eigenvalue weighted by atomic mass is 9.78. The van der Waals surface area contributed by atoms with Gasteiger partial charge in [-0.3, -0.25) is 0 Å². The van der Waals surface area contributed by atoms with Crippen LogP contribution >= 0.6 is 11.3 Å². The van der Waals surface area contributed by atoms with E-state index in [4.69, 9.17) is 0 Å². The van der Waals surface area contributed by atoms with Crippen LogP contribution in [-0.2, 0) is 0 Å². The van der Waals surface area contributed by atoms with E-state index in [1.54, 1.807) is 11.3 Å². The summed E-state index contributed by atoms with van der Waals surface area (Å²) in [7, 11) is 0. The molecule has 2 N–H and O–H groups in total. The summed E-state index contributed by atoms with van der Waals surface area (Å²) in [5, 5.41) is 10.8. The molecule has 2 heterocycles. The number of piperidine rings is 1. The molecule has 0 amide bonds. The molecule has 1 aromatic heterocycles. The van der Waals surface area contributed by atoms with Gasteiger partial charge in [-0.1, -0.05) is 12.8 Å². The average molecular weight is 279 g/mol. The van der Waals surface area contributed by atoms with E-state index in [1.807, 2.05) is 6.20 Å². The van der Waals surface area contributed by atoms with E-state index in [2.05, 4.69) is 27.9 Å². The van der Waals surface area contributed by atoms with Crippen LogP contribution in [0, 0.1) is 5.92 Å². The van der Waals surface area contributed by atoms with Gasteiger partial charge in [-0.05, 0) is 38.5 Å². The van der Waals surface area contributed by atoms with Crippen LogP contribution in [0.25, 0.3) is 0 Å². The monoisotopic (exact) mass is 279 g/mol. The van der Waals surface area contributed by atoms with Gasteiger partial charge in [-0.15, -0.1) is 11.3 Å². The molecule has 1 aromatic rings. The topological polar surface area (TPSA) is 37.0 Å². The van der Waals surface area contributed by atoms with Crippen LogP contribution in [0.2, 0.25) is 0 Å². The Morgan fingerprint density at radius 1 is 1.37 bits per heavy atom. The summed E-state index contributed by atoms with van der Waals surface area (Å²) in [5.41, 5.74) is 0. The first kappa shape index (κ1) is 13.5. The molecule has 1 aliphatic heterocycles. The molecule has 1 aliphatic carbocycles. The fourth-order valence-electron chi connectivity index (χ4n) is 3.59. The lowest BCUT2D eigenvalue weighted by molar-refractivity contribution is 0.173. The first-order valence-corrected chi connectivity index (χ1v) is 8.59. The summed E-state index contributed by atoms with van der Waals surface area (Å²) >= 11 is 1.74. The van der Waals surface area contributed by atoms with Gasteiger partial charge >= 0.3 is 0 Å². The summed E-state index contributed by atoms with van der Waals surface area (Å²) in [6, 6.07) is 1.83. The Balaban J connectivity index is 1.46. The number of nitrogens with one attached hydrogen (secondary N) is 2. The van der Waals surface area contributed by atoms with Gasteiger partial charge in [0.05, 0.1) is 6.04 Å². The van der Waals surface area contributed by atoms with Crippen molar-refractivity contribution in [3.05, 3.63) is 16.6 Å². The molecule has 2 fully saturated rings. The first-order chi connectivity index (χ1) is 9.33. The van der Waals surface area contributed by atoms with Crippen molar-refractivity contribution in [2.45, 2.75) is 63.6 Å². The minimum Gasteiger partial charge on any atom is -0.310 e. The maximum atomic E-state index is 4.38. The number of hydrogen-bond acceptors (Lipinski definition) is 4. The third-order valence-electron chi connectivity index (χ3n) is 4.74. The van der Waals surface area contributed by atoms with E-state index in [0.717, 1.165) is 18.5 Å². The van der Waals surface area contributed by atoms with Crippen LogP contribution in [0.3, 0.4) is 0 Å². The van der Waals surface area contributed by atoms with E-state index in [9.17, 15) is 0 Å². The Morgan fingerprint density at radius 3 is 3.11 bits per heavy atom. The van der Waals surface area contributed by atoms with Gasteiger partial charge in [0, 0.05) is 30.2 Å². The molecule has 0 spiro atoms. The van der Waals surface area contributed by atoms with E-state index < -0.39 is 0 Å². The molecule has 1 saturated heterocycles. The van der Waals surface area contributed by atoms with Gasteiger partial charge in [-0.2, -0.15) is 0 Å². The zero-order chi connectivity index (χ0) is 13.1. The lowest BCUT2D eigenvalue weighted by Gasteiger charge is -2.40.